The number of amides is 1. The molecule has 152 valence electrons. The summed E-state index contributed by atoms with van der Waals surface area (Å²) in [5, 5.41) is 22.7. The standard InChI is InChI=1S/C22H18N2O6/c1-29-17-9-4-15(5-10-17)22(28)30-18-7-2-14(3-8-18)13-23-24-21(27)19-11-6-16(25)12-20(19)26/h2-13,25-26H,1H3,(H,24,27)/b23-13+. The van der Waals surface area contributed by atoms with Gasteiger partial charge in [-0.15, -0.1) is 0 Å². The lowest BCUT2D eigenvalue weighted by Crippen LogP contribution is -2.17. The molecule has 0 radical (unpaired) electrons. The topological polar surface area (TPSA) is 117 Å². The number of ether oxygens (including phenoxy) is 2. The van der Waals surface area contributed by atoms with E-state index < -0.39 is 11.9 Å². The van der Waals surface area contributed by atoms with Crippen LogP contribution in [0.5, 0.6) is 23.0 Å². The molecule has 8 nitrogen and oxygen atoms in total. The Bertz CT molecular complexity index is 1080. The van der Waals surface area contributed by atoms with E-state index in [-0.39, 0.29) is 17.1 Å². The molecule has 0 saturated carbocycles. The number of benzene rings is 3. The van der Waals surface area contributed by atoms with Crippen molar-refractivity contribution in [3.63, 3.8) is 0 Å². The van der Waals surface area contributed by atoms with Crippen LogP contribution in [0, 0.1) is 0 Å². The number of carbonyl (C=O) groups excluding carboxylic acids is 2. The van der Waals surface area contributed by atoms with Crippen molar-refractivity contribution in [3.05, 3.63) is 83.4 Å². The first-order valence-electron chi connectivity index (χ1n) is 8.78. The summed E-state index contributed by atoms with van der Waals surface area (Å²) in [6.07, 6.45) is 1.39. The molecule has 0 aliphatic rings. The lowest BCUT2D eigenvalue weighted by atomic mass is 10.2. The summed E-state index contributed by atoms with van der Waals surface area (Å²) in [7, 11) is 1.54. The maximum absolute atomic E-state index is 12.2. The first-order valence-corrected chi connectivity index (χ1v) is 8.78. The number of phenols is 2. The minimum Gasteiger partial charge on any atom is -0.508 e. The van der Waals surface area contributed by atoms with E-state index in [0.717, 1.165) is 6.07 Å². The van der Waals surface area contributed by atoms with E-state index in [0.29, 0.717) is 22.6 Å². The molecule has 3 aromatic carbocycles. The number of carbonyl (C=O) groups is 2. The molecule has 0 unspecified atom stereocenters. The number of aromatic hydroxyl groups is 2. The highest BCUT2D eigenvalue weighted by Crippen LogP contribution is 2.22. The molecule has 0 saturated heterocycles. The number of hydrazone groups is 1. The summed E-state index contributed by atoms with van der Waals surface area (Å²) in [5.41, 5.74) is 3.29. The van der Waals surface area contributed by atoms with Gasteiger partial charge >= 0.3 is 5.97 Å². The minimum atomic E-state index is -0.631. The third kappa shape index (κ3) is 5.14. The number of esters is 1. The first kappa shape index (κ1) is 20.4. The Morgan fingerprint density at radius 1 is 0.933 bits per heavy atom. The highest BCUT2D eigenvalue weighted by Gasteiger charge is 2.11. The van der Waals surface area contributed by atoms with Gasteiger partial charge in [-0.05, 0) is 66.2 Å². The van der Waals surface area contributed by atoms with Crippen molar-refractivity contribution < 1.29 is 29.3 Å². The van der Waals surface area contributed by atoms with Gasteiger partial charge in [0.1, 0.15) is 23.0 Å². The Hall–Kier alpha value is -4.33. The second-order valence-electron chi connectivity index (χ2n) is 6.09. The number of rotatable bonds is 6. The van der Waals surface area contributed by atoms with Gasteiger partial charge in [-0.1, -0.05) is 0 Å². The molecule has 0 spiro atoms. The van der Waals surface area contributed by atoms with Crippen LogP contribution in [0.25, 0.3) is 0 Å². The van der Waals surface area contributed by atoms with Crippen molar-refractivity contribution in [3.8, 4) is 23.0 Å². The van der Waals surface area contributed by atoms with Crippen LogP contribution in [0.3, 0.4) is 0 Å². The molecule has 3 aromatic rings. The molecule has 0 aliphatic carbocycles. The summed E-state index contributed by atoms with van der Waals surface area (Å²) >= 11 is 0. The minimum absolute atomic E-state index is 0.0225. The summed E-state index contributed by atoms with van der Waals surface area (Å²) in [6, 6.07) is 16.7. The number of nitrogens with zero attached hydrogens (tertiary/aromatic N) is 1. The predicted molar refractivity (Wildman–Crippen MR) is 109 cm³/mol. The second-order valence-corrected chi connectivity index (χ2v) is 6.09. The SMILES string of the molecule is COc1ccc(C(=O)Oc2ccc(/C=N/NC(=O)c3ccc(O)cc3O)cc2)cc1. The van der Waals surface area contributed by atoms with Gasteiger partial charge in [0, 0.05) is 6.07 Å². The summed E-state index contributed by atoms with van der Waals surface area (Å²) in [4.78, 5) is 24.1. The lowest BCUT2D eigenvalue weighted by molar-refractivity contribution is 0.0734. The van der Waals surface area contributed by atoms with E-state index in [1.807, 2.05) is 0 Å². The Morgan fingerprint density at radius 3 is 2.23 bits per heavy atom. The molecule has 3 N–H and O–H groups in total. The van der Waals surface area contributed by atoms with Gasteiger partial charge in [0.15, 0.2) is 0 Å². The van der Waals surface area contributed by atoms with Crippen molar-refractivity contribution in [2.24, 2.45) is 5.10 Å². The van der Waals surface area contributed by atoms with Crippen LogP contribution < -0.4 is 14.9 Å². The molecule has 0 aromatic heterocycles. The molecule has 0 fully saturated rings. The van der Waals surface area contributed by atoms with Crippen molar-refractivity contribution in [2.45, 2.75) is 0 Å². The smallest absolute Gasteiger partial charge is 0.343 e. The van der Waals surface area contributed by atoms with Crippen LogP contribution in [-0.2, 0) is 0 Å². The Kier molecular flexibility index (Phi) is 6.29. The Labute approximate surface area is 172 Å². The fourth-order valence-electron chi connectivity index (χ4n) is 2.45. The summed E-state index contributed by atoms with van der Waals surface area (Å²) in [6.45, 7) is 0. The third-order valence-electron chi connectivity index (χ3n) is 4.02. The van der Waals surface area contributed by atoms with Crippen LogP contribution in [0.1, 0.15) is 26.3 Å². The van der Waals surface area contributed by atoms with Crippen molar-refractivity contribution >= 4 is 18.1 Å². The van der Waals surface area contributed by atoms with Gasteiger partial charge in [0.05, 0.1) is 24.5 Å². The molecule has 8 heteroatoms. The summed E-state index contributed by atoms with van der Waals surface area (Å²) < 4.78 is 10.4. The monoisotopic (exact) mass is 406 g/mol. The molecule has 0 heterocycles. The molecular weight excluding hydrogens is 388 g/mol. The highest BCUT2D eigenvalue weighted by atomic mass is 16.5. The zero-order chi connectivity index (χ0) is 21.5. The molecular formula is C22H18N2O6. The lowest BCUT2D eigenvalue weighted by Gasteiger charge is -2.06. The maximum atomic E-state index is 12.2. The van der Waals surface area contributed by atoms with Crippen LogP contribution in [0.4, 0.5) is 0 Å². The second kappa shape index (κ2) is 9.24. The largest absolute Gasteiger partial charge is 0.508 e. The Balaban J connectivity index is 1.57. The molecule has 0 aliphatic heterocycles. The predicted octanol–water partition coefficient (Wildman–Crippen LogP) is 3.09. The number of methoxy groups -OCH3 is 1. The third-order valence-corrected chi connectivity index (χ3v) is 4.02. The zero-order valence-electron chi connectivity index (χ0n) is 15.9. The molecule has 30 heavy (non-hydrogen) atoms. The number of nitrogens with one attached hydrogen (secondary N) is 1. The average Bonchev–Trinajstić information content (AvgIpc) is 2.75. The van der Waals surface area contributed by atoms with Crippen LogP contribution >= 0.6 is 0 Å². The van der Waals surface area contributed by atoms with E-state index in [9.17, 15) is 19.8 Å². The van der Waals surface area contributed by atoms with E-state index in [2.05, 4.69) is 10.5 Å². The van der Waals surface area contributed by atoms with E-state index in [4.69, 9.17) is 9.47 Å². The Morgan fingerprint density at radius 2 is 1.60 bits per heavy atom. The van der Waals surface area contributed by atoms with Crippen LogP contribution in [0.2, 0.25) is 0 Å². The van der Waals surface area contributed by atoms with Gasteiger partial charge in [-0.2, -0.15) is 5.10 Å². The van der Waals surface area contributed by atoms with Gasteiger partial charge in [0.25, 0.3) is 5.91 Å². The quantitative estimate of drug-likeness (QED) is 0.251. The fourth-order valence-corrected chi connectivity index (χ4v) is 2.45. The van der Waals surface area contributed by atoms with Crippen molar-refractivity contribution in [1.82, 2.24) is 5.43 Å². The van der Waals surface area contributed by atoms with Crippen LogP contribution in [0.15, 0.2) is 71.8 Å². The van der Waals surface area contributed by atoms with E-state index >= 15 is 0 Å². The van der Waals surface area contributed by atoms with E-state index in [1.165, 1.54) is 18.3 Å². The molecule has 1 amide bonds. The normalized spacial score (nSPS) is 10.6. The number of hydrogen-bond donors (Lipinski definition) is 3. The van der Waals surface area contributed by atoms with Crippen molar-refractivity contribution in [2.75, 3.05) is 7.11 Å². The number of hydrogen-bond acceptors (Lipinski definition) is 7. The highest BCUT2D eigenvalue weighted by molar-refractivity contribution is 5.97. The van der Waals surface area contributed by atoms with Gasteiger partial charge in [-0.3, -0.25) is 4.79 Å². The van der Waals surface area contributed by atoms with E-state index in [1.54, 1.807) is 55.6 Å². The van der Waals surface area contributed by atoms with Crippen molar-refractivity contribution in [1.29, 1.82) is 0 Å². The summed E-state index contributed by atoms with van der Waals surface area (Å²) in [5.74, 6) is -0.645. The maximum Gasteiger partial charge on any atom is 0.343 e. The zero-order valence-corrected chi connectivity index (χ0v) is 15.9. The molecule has 3 rings (SSSR count). The average molecular weight is 406 g/mol. The first-order chi connectivity index (χ1) is 14.5. The number of phenolic OH excluding ortho intramolecular Hbond substituents is 2. The molecule has 0 bridgehead atoms. The van der Waals surface area contributed by atoms with Gasteiger partial charge < -0.3 is 19.7 Å². The fraction of sp³-hybridized carbons (Fsp3) is 0.0455. The van der Waals surface area contributed by atoms with Crippen LogP contribution in [-0.4, -0.2) is 35.4 Å². The molecule has 0 atom stereocenters. The van der Waals surface area contributed by atoms with Gasteiger partial charge in [-0.25, -0.2) is 10.2 Å². The van der Waals surface area contributed by atoms with Gasteiger partial charge in [0.2, 0.25) is 0 Å².